The highest BCUT2D eigenvalue weighted by Crippen LogP contribution is 2.32. The molecule has 14 heteroatoms. The molecule has 0 aliphatic carbocycles. The molecule has 2 aromatic heterocycles. The van der Waals surface area contributed by atoms with Crippen LogP contribution in [0.5, 0.6) is 0 Å². The SMILES string of the molecule is CN1CCN(c2ccc(C(=O)Nc3[nH]nc4ncc(Sc5cc(F)cc(F)c5)cc34)c(NCc3ccc([N+](=O)[O-])cc3)c2)CC1. The van der Waals surface area contributed by atoms with Crippen molar-refractivity contribution in [1.29, 1.82) is 0 Å². The van der Waals surface area contributed by atoms with E-state index >= 15 is 0 Å². The highest BCUT2D eigenvalue weighted by atomic mass is 32.2. The summed E-state index contributed by atoms with van der Waals surface area (Å²) in [6.07, 6.45) is 1.54. The number of piperazine rings is 1. The molecule has 0 radical (unpaired) electrons. The van der Waals surface area contributed by atoms with Crippen LogP contribution in [0.2, 0.25) is 0 Å². The number of nitrogens with one attached hydrogen (secondary N) is 3. The summed E-state index contributed by atoms with van der Waals surface area (Å²) in [5.41, 5.74) is 3.12. The Balaban J connectivity index is 1.25. The van der Waals surface area contributed by atoms with Crippen LogP contribution in [0.15, 0.2) is 82.7 Å². The molecule has 1 aliphatic heterocycles. The van der Waals surface area contributed by atoms with Crippen molar-refractivity contribution in [2.24, 2.45) is 0 Å². The number of rotatable bonds is 9. The Kier molecular flexibility index (Phi) is 8.58. The molecule has 1 aliphatic rings. The number of carbonyl (C=O) groups is 1. The van der Waals surface area contributed by atoms with E-state index in [0.29, 0.717) is 44.4 Å². The van der Waals surface area contributed by atoms with Crippen molar-refractivity contribution in [3.8, 4) is 0 Å². The number of halogens is 2. The second-order valence-corrected chi connectivity index (χ2v) is 11.7. The molecule has 5 aromatic rings. The molecule has 1 saturated heterocycles. The number of carbonyl (C=O) groups excluding carboxylic acids is 1. The van der Waals surface area contributed by atoms with E-state index in [1.807, 2.05) is 12.1 Å². The minimum atomic E-state index is -0.681. The second-order valence-electron chi connectivity index (χ2n) is 10.6. The number of H-pyrrole nitrogens is 1. The Morgan fingerprint density at radius 2 is 1.73 bits per heavy atom. The minimum absolute atomic E-state index is 0.00167. The number of non-ortho nitro benzene ring substituents is 1. The summed E-state index contributed by atoms with van der Waals surface area (Å²) in [6.45, 7) is 3.87. The largest absolute Gasteiger partial charge is 0.380 e. The molecule has 0 bridgehead atoms. The van der Waals surface area contributed by atoms with Crippen molar-refractivity contribution in [3.05, 3.63) is 106 Å². The quantitative estimate of drug-likeness (QED) is 0.134. The topological polar surface area (TPSA) is 132 Å². The standard InChI is InChI=1S/C31H28F2N8O3S/c1-39-8-10-40(11-9-39)23-6-7-26(28(15-23)34-17-19-2-4-22(5-3-19)41(43)44)31(42)36-30-27-16-25(18-35-29(27)37-38-30)45-24-13-20(32)12-21(33)14-24/h2-7,12-16,18,34H,8-11,17H2,1H3,(H2,35,36,37,38,42). The van der Waals surface area contributed by atoms with E-state index in [-0.39, 0.29) is 5.69 Å². The average molecular weight is 631 g/mol. The first-order valence-corrected chi connectivity index (χ1v) is 14.9. The minimum Gasteiger partial charge on any atom is -0.380 e. The fraction of sp³-hybridized carbons (Fsp3) is 0.194. The van der Waals surface area contributed by atoms with Crippen LogP contribution in [0.25, 0.3) is 11.0 Å². The fourth-order valence-electron chi connectivity index (χ4n) is 5.01. The molecule has 0 atom stereocenters. The maximum absolute atomic E-state index is 13.7. The molecule has 0 spiro atoms. The Morgan fingerprint density at radius 1 is 1.00 bits per heavy atom. The van der Waals surface area contributed by atoms with Gasteiger partial charge in [0.05, 0.1) is 15.9 Å². The number of hydrogen-bond donors (Lipinski definition) is 3. The zero-order valence-electron chi connectivity index (χ0n) is 24.1. The van der Waals surface area contributed by atoms with Gasteiger partial charge < -0.3 is 20.4 Å². The lowest BCUT2D eigenvalue weighted by molar-refractivity contribution is -0.384. The number of nitrogens with zero attached hydrogens (tertiary/aromatic N) is 5. The van der Waals surface area contributed by atoms with Crippen LogP contribution >= 0.6 is 11.8 Å². The van der Waals surface area contributed by atoms with Crippen molar-refractivity contribution in [3.63, 3.8) is 0 Å². The van der Waals surface area contributed by atoms with Crippen LogP contribution < -0.4 is 15.5 Å². The molecule has 6 rings (SSSR count). The van der Waals surface area contributed by atoms with Crippen LogP contribution in [0.4, 0.5) is 31.7 Å². The molecule has 0 saturated carbocycles. The lowest BCUT2D eigenvalue weighted by atomic mass is 10.1. The van der Waals surface area contributed by atoms with Crippen LogP contribution in [0.1, 0.15) is 15.9 Å². The number of fused-ring (bicyclic) bond motifs is 1. The zero-order chi connectivity index (χ0) is 31.5. The van der Waals surface area contributed by atoms with Gasteiger partial charge in [-0.2, -0.15) is 5.10 Å². The predicted molar refractivity (Wildman–Crippen MR) is 169 cm³/mol. The molecule has 1 fully saturated rings. The maximum Gasteiger partial charge on any atom is 0.269 e. The number of aromatic nitrogens is 3. The first-order valence-electron chi connectivity index (χ1n) is 14.1. The molecule has 1 amide bonds. The van der Waals surface area contributed by atoms with Gasteiger partial charge in [0.1, 0.15) is 17.5 Å². The number of amides is 1. The Bertz CT molecular complexity index is 1860. The van der Waals surface area contributed by atoms with Gasteiger partial charge in [-0.3, -0.25) is 20.0 Å². The molecule has 45 heavy (non-hydrogen) atoms. The maximum atomic E-state index is 13.7. The van der Waals surface area contributed by atoms with Crippen molar-refractivity contribution < 1.29 is 18.5 Å². The van der Waals surface area contributed by atoms with Crippen LogP contribution in [-0.4, -0.2) is 64.1 Å². The van der Waals surface area contributed by atoms with Crippen molar-refractivity contribution in [1.82, 2.24) is 20.1 Å². The Labute approximate surface area is 260 Å². The normalized spacial score (nSPS) is 13.6. The van der Waals surface area contributed by atoms with E-state index in [2.05, 4.69) is 42.7 Å². The number of nitro groups is 1. The molecular weight excluding hydrogens is 602 g/mol. The van der Waals surface area contributed by atoms with Crippen LogP contribution in [0.3, 0.4) is 0 Å². The van der Waals surface area contributed by atoms with Gasteiger partial charge in [0.2, 0.25) is 0 Å². The van der Waals surface area contributed by atoms with Gasteiger partial charge >= 0.3 is 0 Å². The second kappa shape index (κ2) is 12.9. The van der Waals surface area contributed by atoms with Gasteiger partial charge in [0.25, 0.3) is 11.6 Å². The molecule has 3 N–H and O–H groups in total. The molecule has 0 unspecified atom stereocenters. The van der Waals surface area contributed by atoms with E-state index in [4.69, 9.17) is 0 Å². The molecular formula is C31H28F2N8O3S. The summed E-state index contributed by atoms with van der Waals surface area (Å²) in [7, 11) is 2.08. The number of nitro benzene ring substituents is 1. The smallest absolute Gasteiger partial charge is 0.269 e. The zero-order valence-corrected chi connectivity index (χ0v) is 24.9. The summed E-state index contributed by atoms with van der Waals surface area (Å²) in [4.78, 5) is 34.1. The van der Waals surface area contributed by atoms with Crippen LogP contribution in [-0.2, 0) is 6.54 Å². The molecule has 3 aromatic carbocycles. The van der Waals surface area contributed by atoms with E-state index in [9.17, 15) is 23.7 Å². The fourth-order valence-corrected chi connectivity index (χ4v) is 5.90. The highest BCUT2D eigenvalue weighted by Gasteiger charge is 2.20. The van der Waals surface area contributed by atoms with Gasteiger partial charge in [0, 0.05) is 78.3 Å². The number of anilines is 3. The van der Waals surface area contributed by atoms with Crippen molar-refractivity contribution >= 4 is 51.6 Å². The predicted octanol–water partition coefficient (Wildman–Crippen LogP) is 5.91. The molecule has 3 heterocycles. The van der Waals surface area contributed by atoms with Gasteiger partial charge in [-0.15, -0.1) is 0 Å². The number of benzene rings is 3. The molecule has 230 valence electrons. The first-order chi connectivity index (χ1) is 21.7. The Hall–Kier alpha value is -5.08. The number of aromatic amines is 1. The Morgan fingerprint density at radius 3 is 2.44 bits per heavy atom. The van der Waals surface area contributed by atoms with Gasteiger partial charge in [-0.05, 0) is 49.0 Å². The monoisotopic (exact) mass is 630 g/mol. The lowest BCUT2D eigenvalue weighted by Crippen LogP contribution is -2.44. The van der Waals surface area contributed by atoms with E-state index in [0.717, 1.165) is 55.3 Å². The summed E-state index contributed by atoms with van der Waals surface area (Å²) in [5.74, 6) is -1.44. The number of pyridine rings is 1. The third kappa shape index (κ3) is 7.02. The van der Waals surface area contributed by atoms with E-state index in [1.165, 1.54) is 24.3 Å². The highest BCUT2D eigenvalue weighted by molar-refractivity contribution is 7.99. The van der Waals surface area contributed by atoms with Crippen molar-refractivity contribution in [2.45, 2.75) is 16.3 Å². The summed E-state index contributed by atoms with van der Waals surface area (Å²) in [6, 6.07) is 16.8. The lowest BCUT2D eigenvalue weighted by Gasteiger charge is -2.34. The van der Waals surface area contributed by atoms with Gasteiger partial charge in [0.15, 0.2) is 5.65 Å². The summed E-state index contributed by atoms with van der Waals surface area (Å²) < 4.78 is 27.4. The van der Waals surface area contributed by atoms with E-state index in [1.54, 1.807) is 30.5 Å². The van der Waals surface area contributed by atoms with E-state index < -0.39 is 22.5 Å². The first kappa shape index (κ1) is 30.0. The van der Waals surface area contributed by atoms with Crippen LogP contribution in [0, 0.1) is 21.7 Å². The third-order valence-electron chi connectivity index (χ3n) is 7.44. The third-order valence-corrected chi connectivity index (χ3v) is 8.37. The number of hydrogen-bond acceptors (Lipinski definition) is 9. The summed E-state index contributed by atoms with van der Waals surface area (Å²) >= 11 is 1.13. The molecule has 11 nitrogen and oxygen atoms in total. The summed E-state index contributed by atoms with van der Waals surface area (Å²) in [5, 5.41) is 24.8. The van der Waals surface area contributed by atoms with Crippen molar-refractivity contribution in [2.75, 3.05) is 48.8 Å². The van der Waals surface area contributed by atoms with Gasteiger partial charge in [-0.1, -0.05) is 23.9 Å². The number of likely N-dealkylation sites (N-methyl/N-ethyl adjacent to an activating group) is 1. The average Bonchev–Trinajstić information content (AvgIpc) is 3.41. The van der Waals surface area contributed by atoms with Gasteiger partial charge in [-0.25, -0.2) is 13.8 Å².